The second-order valence-electron chi connectivity index (χ2n) is 1.41. The molecular formula is C2HCl2NO4S2. The number of halogens is 2. The Bertz CT molecular complexity index is 343. The lowest BCUT2D eigenvalue weighted by Gasteiger charge is -1.97. The van der Waals surface area contributed by atoms with Crippen LogP contribution in [0.3, 0.4) is 0 Å². The lowest BCUT2D eigenvalue weighted by Crippen LogP contribution is -2.20. The van der Waals surface area contributed by atoms with E-state index in [2.05, 4.69) is 21.4 Å². The van der Waals surface area contributed by atoms with Crippen molar-refractivity contribution in [3.05, 3.63) is 0 Å². The SMILES string of the molecule is N#CC(S(=O)(=O)Cl)S(=O)(=O)Cl. The average Bonchev–Trinajstić information content (AvgIpc) is 1.56. The molecule has 0 rings (SSSR count). The van der Waals surface area contributed by atoms with Gasteiger partial charge in [0.15, 0.2) is 0 Å². The third-order valence-corrected chi connectivity index (χ3v) is 5.07. The van der Waals surface area contributed by atoms with Crippen molar-refractivity contribution in [2.24, 2.45) is 0 Å². The molecule has 0 radical (unpaired) electrons. The number of hydrogen-bond donors (Lipinski definition) is 0. The molecule has 0 amide bonds. The average molecular weight is 238 g/mol. The van der Waals surface area contributed by atoms with E-state index < -0.39 is 22.7 Å². The van der Waals surface area contributed by atoms with Gasteiger partial charge in [-0.1, -0.05) is 0 Å². The summed E-state index contributed by atoms with van der Waals surface area (Å²) in [5, 5.41) is 8.02. The van der Waals surface area contributed by atoms with Gasteiger partial charge in [0.2, 0.25) is 0 Å². The molecule has 0 aromatic heterocycles. The van der Waals surface area contributed by atoms with Crippen LogP contribution in [0.1, 0.15) is 0 Å². The zero-order valence-electron chi connectivity index (χ0n) is 4.73. The molecule has 0 spiro atoms. The Kier molecular flexibility index (Phi) is 3.14. The molecule has 0 heterocycles. The van der Waals surface area contributed by atoms with Crippen molar-refractivity contribution in [2.75, 3.05) is 0 Å². The van der Waals surface area contributed by atoms with E-state index in [0.29, 0.717) is 0 Å². The van der Waals surface area contributed by atoms with Crippen LogP contribution in [0.4, 0.5) is 0 Å². The predicted molar refractivity (Wildman–Crippen MR) is 38.9 cm³/mol. The number of hydrogen-bond acceptors (Lipinski definition) is 5. The summed E-state index contributed by atoms with van der Waals surface area (Å²) in [7, 11) is 0.177. The summed E-state index contributed by atoms with van der Waals surface area (Å²) < 4.78 is 38.7. The standard InChI is InChI=1S/C2HCl2NO4S2/c3-10(6,7)2(1-5)11(4,8)9/h2H. The maximum absolute atomic E-state index is 10.3. The van der Waals surface area contributed by atoms with Crippen molar-refractivity contribution in [1.82, 2.24) is 0 Å². The first-order valence-electron chi connectivity index (χ1n) is 1.96. The minimum atomic E-state index is -4.48. The first-order chi connectivity index (χ1) is 4.69. The molecule has 0 aromatic rings. The van der Waals surface area contributed by atoms with Crippen molar-refractivity contribution >= 4 is 39.5 Å². The molecule has 0 saturated heterocycles. The second kappa shape index (κ2) is 3.15. The normalized spacial score (nSPS) is 12.9. The van der Waals surface area contributed by atoms with Gasteiger partial charge in [-0.3, -0.25) is 0 Å². The molecule has 0 bridgehead atoms. The van der Waals surface area contributed by atoms with E-state index in [-0.39, 0.29) is 0 Å². The Morgan fingerprint density at radius 3 is 1.36 bits per heavy atom. The number of nitriles is 1. The summed E-state index contributed by atoms with van der Waals surface area (Å²) in [5.74, 6) is 0. The molecule has 0 unspecified atom stereocenters. The van der Waals surface area contributed by atoms with Crippen LogP contribution >= 0.6 is 21.4 Å². The first-order valence-corrected chi connectivity index (χ1v) is 6.70. The van der Waals surface area contributed by atoms with Crippen molar-refractivity contribution < 1.29 is 16.8 Å². The van der Waals surface area contributed by atoms with Gasteiger partial charge >= 0.3 is 0 Å². The summed E-state index contributed by atoms with van der Waals surface area (Å²) in [6.07, 6.45) is 0. The van der Waals surface area contributed by atoms with Crippen LogP contribution < -0.4 is 0 Å². The summed E-state index contributed by atoms with van der Waals surface area (Å²) in [5.41, 5.74) is 0. The molecule has 9 heteroatoms. The fourth-order valence-corrected chi connectivity index (χ4v) is 3.91. The molecule has 0 saturated carbocycles. The van der Waals surface area contributed by atoms with Crippen molar-refractivity contribution in [2.45, 2.75) is 4.58 Å². The first kappa shape index (κ1) is 11.0. The highest BCUT2D eigenvalue weighted by Gasteiger charge is 2.35. The van der Waals surface area contributed by atoms with Crippen LogP contribution in [-0.2, 0) is 18.1 Å². The smallest absolute Gasteiger partial charge is 0.210 e. The van der Waals surface area contributed by atoms with Crippen molar-refractivity contribution in [3.63, 3.8) is 0 Å². The van der Waals surface area contributed by atoms with Crippen molar-refractivity contribution in [1.29, 1.82) is 5.26 Å². The Morgan fingerprint density at radius 2 is 1.36 bits per heavy atom. The van der Waals surface area contributed by atoms with Gasteiger partial charge in [-0.2, -0.15) is 5.26 Å². The fraction of sp³-hybridized carbons (Fsp3) is 0.500. The second-order valence-corrected chi connectivity index (χ2v) is 7.14. The highest BCUT2D eigenvalue weighted by molar-refractivity contribution is 8.29. The lowest BCUT2D eigenvalue weighted by atomic mass is 10.9. The molecule has 64 valence electrons. The summed E-state index contributed by atoms with van der Waals surface area (Å²) in [6, 6.07) is 0.942. The predicted octanol–water partition coefficient (Wildman–Crippen LogP) is -0.0267. The van der Waals surface area contributed by atoms with Gasteiger partial charge in [0.25, 0.3) is 22.7 Å². The summed E-state index contributed by atoms with van der Waals surface area (Å²) in [6.45, 7) is 0. The molecular weight excluding hydrogens is 237 g/mol. The minimum Gasteiger partial charge on any atom is -0.210 e. The summed E-state index contributed by atoms with van der Waals surface area (Å²) in [4.78, 5) is 0. The van der Waals surface area contributed by atoms with Gasteiger partial charge in [0, 0.05) is 21.4 Å². The lowest BCUT2D eigenvalue weighted by molar-refractivity contribution is 0.598. The van der Waals surface area contributed by atoms with E-state index in [1.54, 1.807) is 0 Å². The van der Waals surface area contributed by atoms with E-state index in [4.69, 9.17) is 5.26 Å². The fourth-order valence-electron chi connectivity index (χ4n) is 0.263. The Balaban J connectivity index is 5.27. The largest absolute Gasteiger partial charge is 0.276 e. The van der Waals surface area contributed by atoms with Gasteiger partial charge in [0.05, 0.1) is 0 Å². The van der Waals surface area contributed by atoms with Gasteiger partial charge in [0.1, 0.15) is 6.07 Å². The van der Waals surface area contributed by atoms with Crippen LogP contribution in [0, 0.1) is 11.3 Å². The van der Waals surface area contributed by atoms with Crippen LogP contribution in [-0.4, -0.2) is 21.4 Å². The molecule has 11 heavy (non-hydrogen) atoms. The third-order valence-electron chi connectivity index (χ3n) is 0.617. The molecule has 0 N–H and O–H groups in total. The van der Waals surface area contributed by atoms with E-state index in [9.17, 15) is 16.8 Å². The molecule has 0 aliphatic carbocycles. The molecule has 0 aliphatic rings. The van der Waals surface area contributed by atoms with E-state index >= 15 is 0 Å². The zero-order chi connectivity index (χ0) is 9.28. The minimum absolute atomic E-state index is 0.942. The van der Waals surface area contributed by atoms with Crippen molar-refractivity contribution in [3.8, 4) is 6.07 Å². The molecule has 0 aromatic carbocycles. The van der Waals surface area contributed by atoms with E-state index in [1.807, 2.05) is 0 Å². The highest BCUT2D eigenvalue weighted by atomic mass is 35.7. The monoisotopic (exact) mass is 237 g/mol. The Hall–Kier alpha value is -0.0300. The quantitative estimate of drug-likeness (QED) is 0.630. The van der Waals surface area contributed by atoms with E-state index in [0.717, 1.165) is 6.07 Å². The Morgan fingerprint density at radius 1 is 1.09 bits per heavy atom. The number of rotatable bonds is 2. The van der Waals surface area contributed by atoms with E-state index in [1.165, 1.54) is 0 Å². The van der Waals surface area contributed by atoms with Crippen LogP contribution in [0.5, 0.6) is 0 Å². The van der Waals surface area contributed by atoms with Crippen LogP contribution in [0.2, 0.25) is 0 Å². The van der Waals surface area contributed by atoms with Crippen LogP contribution in [0.15, 0.2) is 0 Å². The molecule has 0 aliphatic heterocycles. The molecule has 5 nitrogen and oxygen atoms in total. The maximum Gasteiger partial charge on any atom is 0.276 e. The van der Waals surface area contributed by atoms with Crippen LogP contribution in [0.25, 0.3) is 0 Å². The zero-order valence-corrected chi connectivity index (χ0v) is 7.87. The molecule has 0 atom stereocenters. The third kappa shape index (κ3) is 3.25. The maximum atomic E-state index is 10.3. The highest BCUT2D eigenvalue weighted by Crippen LogP contribution is 2.16. The van der Waals surface area contributed by atoms with Gasteiger partial charge < -0.3 is 0 Å². The topological polar surface area (TPSA) is 92.1 Å². The molecule has 0 fully saturated rings. The number of nitrogens with zero attached hydrogens (tertiary/aromatic N) is 1. The summed E-state index contributed by atoms with van der Waals surface area (Å²) >= 11 is 0. The van der Waals surface area contributed by atoms with Gasteiger partial charge in [-0.25, -0.2) is 16.8 Å². The van der Waals surface area contributed by atoms with Gasteiger partial charge in [-0.15, -0.1) is 0 Å². The Labute approximate surface area is 72.4 Å². The van der Waals surface area contributed by atoms with Gasteiger partial charge in [-0.05, 0) is 0 Å².